The van der Waals surface area contributed by atoms with Gasteiger partial charge in [0.05, 0.1) is 6.04 Å². The number of nitrogens with one attached hydrogen (secondary N) is 1. The molecule has 138 valence electrons. The Morgan fingerprint density at radius 2 is 1.73 bits per heavy atom. The highest BCUT2D eigenvalue weighted by molar-refractivity contribution is 7.90. The Kier molecular flexibility index (Phi) is 4.75. The molecule has 0 aliphatic carbocycles. The normalized spacial score (nSPS) is 23.7. The molecule has 0 amide bonds. The molecule has 7 heteroatoms. The molecule has 1 N–H and O–H groups in total. The SMILES string of the molecule is C[C@H](N=C1NS(=O)(=O)C(c2ccccc2)C(C)(C)O1)c1ccccc1F. The van der Waals surface area contributed by atoms with E-state index in [-0.39, 0.29) is 6.02 Å². The molecule has 2 aromatic carbocycles. The Labute approximate surface area is 153 Å². The van der Waals surface area contributed by atoms with Gasteiger partial charge in [-0.2, -0.15) is 0 Å². The molecule has 1 heterocycles. The lowest BCUT2D eigenvalue weighted by atomic mass is 9.97. The van der Waals surface area contributed by atoms with Crippen LogP contribution in [0.5, 0.6) is 0 Å². The number of hydrogen-bond donors (Lipinski definition) is 1. The van der Waals surface area contributed by atoms with Crippen LogP contribution in [0.4, 0.5) is 4.39 Å². The minimum atomic E-state index is -3.77. The lowest BCUT2D eigenvalue weighted by Crippen LogP contribution is -2.53. The Bertz CT molecular complexity index is 927. The van der Waals surface area contributed by atoms with Crippen molar-refractivity contribution in [2.45, 2.75) is 37.7 Å². The van der Waals surface area contributed by atoms with E-state index in [2.05, 4.69) is 9.71 Å². The standard InChI is InChI=1S/C19H21FN2O3S/c1-13(15-11-7-8-12-16(15)20)21-18-22-26(23,24)17(19(2,3)25-18)14-9-5-4-6-10-14/h4-13,17H,1-3H3,(H,21,22)/t13-,17?/m0/s1. The van der Waals surface area contributed by atoms with Gasteiger partial charge in [0.1, 0.15) is 16.7 Å². The van der Waals surface area contributed by atoms with Crippen molar-refractivity contribution in [1.82, 2.24) is 4.72 Å². The number of amidine groups is 1. The summed E-state index contributed by atoms with van der Waals surface area (Å²) in [7, 11) is -3.77. The smallest absolute Gasteiger partial charge is 0.299 e. The summed E-state index contributed by atoms with van der Waals surface area (Å²) in [5, 5.41) is -0.890. The summed E-state index contributed by atoms with van der Waals surface area (Å²) in [6.45, 7) is 5.08. The number of benzene rings is 2. The lowest BCUT2D eigenvalue weighted by molar-refractivity contribution is 0.0761. The molecule has 1 unspecified atom stereocenters. The van der Waals surface area contributed by atoms with Gasteiger partial charge in [0.2, 0.25) is 10.0 Å². The number of rotatable bonds is 3. The summed E-state index contributed by atoms with van der Waals surface area (Å²) in [6, 6.07) is 14.4. The monoisotopic (exact) mass is 376 g/mol. The van der Waals surface area contributed by atoms with Gasteiger partial charge >= 0.3 is 0 Å². The third kappa shape index (κ3) is 3.58. The van der Waals surface area contributed by atoms with Gasteiger partial charge < -0.3 is 4.74 Å². The fraction of sp³-hybridized carbons (Fsp3) is 0.316. The molecule has 1 fully saturated rings. The number of nitrogens with zero attached hydrogens (tertiary/aromatic N) is 1. The molecule has 1 saturated heterocycles. The maximum atomic E-state index is 13.9. The van der Waals surface area contributed by atoms with E-state index >= 15 is 0 Å². The van der Waals surface area contributed by atoms with E-state index in [9.17, 15) is 12.8 Å². The number of ether oxygens (including phenoxy) is 1. The van der Waals surface area contributed by atoms with Gasteiger partial charge in [-0.3, -0.25) is 0 Å². The Balaban J connectivity index is 1.94. The molecule has 26 heavy (non-hydrogen) atoms. The molecule has 0 spiro atoms. The van der Waals surface area contributed by atoms with Crippen LogP contribution in [0.1, 0.15) is 43.2 Å². The van der Waals surface area contributed by atoms with Crippen molar-refractivity contribution in [2.24, 2.45) is 4.99 Å². The Hall–Kier alpha value is -2.41. The van der Waals surface area contributed by atoms with Crippen LogP contribution in [0.25, 0.3) is 0 Å². The molecule has 2 atom stereocenters. The molecule has 0 radical (unpaired) electrons. The zero-order valence-electron chi connectivity index (χ0n) is 14.8. The van der Waals surface area contributed by atoms with Crippen LogP contribution in [0, 0.1) is 5.82 Å². The first kappa shape index (κ1) is 18.4. The van der Waals surface area contributed by atoms with E-state index in [0.29, 0.717) is 11.1 Å². The minimum absolute atomic E-state index is 0.127. The van der Waals surface area contributed by atoms with Crippen LogP contribution in [0.15, 0.2) is 59.6 Å². The van der Waals surface area contributed by atoms with Crippen LogP contribution in [-0.2, 0) is 14.8 Å². The van der Waals surface area contributed by atoms with Gasteiger partial charge in [-0.15, -0.1) is 0 Å². The van der Waals surface area contributed by atoms with Crippen molar-refractivity contribution in [1.29, 1.82) is 0 Å². The fourth-order valence-corrected chi connectivity index (χ4v) is 4.96. The maximum Gasteiger partial charge on any atom is 0.299 e. The molecule has 2 aromatic rings. The molecule has 1 aliphatic rings. The van der Waals surface area contributed by atoms with Crippen molar-refractivity contribution in [3.8, 4) is 0 Å². The van der Waals surface area contributed by atoms with Crippen LogP contribution >= 0.6 is 0 Å². The van der Waals surface area contributed by atoms with Crippen molar-refractivity contribution in [3.05, 3.63) is 71.5 Å². The molecular formula is C19H21FN2O3S. The minimum Gasteiger partial charge on any atom is -0.457 e. The lowest BCUT2D eigenvalue weighted by Gasteiger charge is -2.39. The predicted octanol–water partition coefficient (Wildman–Crippen LogP) is 3.71. The van der Waals surface area contributed by atoms with E-state index in [1.165, 1.54) is 6.07 Å². The van der Waals surface area contributed by atoms with E-state index in [4.69, 9.17) is 4.74 Å². The molecule has 1 aliphatic heterocycles. The van der Waals surface area contributed by atoms with E-state index in [0.717, 1.165) is 0 Å². The average molecular weight is 376 g/mol. The van der Waals surface area contributed by atoms with Crippen LogP contribution in [0.2, 0.25) is 0 Å². The highest BCUT2D eigenvalue weighted by Crippen LogP contribution is 2.38. The molecule has 0 bridgehead atoms. The highest BCUT2D eigenvalue weighted by Gasteiger charge is 2.48. The van der Waals surface area contributed by atoms with Gasteiger partial charge in [-0.1, -0.05) is 48.5 Å². The van der Waals surface area contributed by atoms with Gasteiger partial charge in [0, 0.05) is 5.56 Å². The average Bonchev–Trinajstić information content (AvgIpc) is 2.53. The van der Waals surface area contributed by atoms with Gasteiger partial charge in [0.15, 0.2) is 0 Å². The second-order valence-electron chi connectivity index (χ2n) is 6.78. The largest absolute Gasteiger partial charge is 0.457 e. The van der Waals surface area contributed by atoms with Gasteiger partial charge in [0.25, 0.3) is 6.02 Å². The zero-order chi connectivity index (χ0) is 18.9. The molecule has 0 aromatic heterocycles. The number of sulfonamides is 1. The van der Waals surface area contributed by atoms with Crippen LogP contribution in [-0.4, -0.2) is 20.0 Å². The summed E-state index contributed by atoms with van der Waals surface area (Å²) in [4.78, 5) is 4.25. The fourth-order valence-electron chi connectivity index (χ4n) is 3.20. The molecule has 5 nitrogen and oxygen atoms in total. The van der Waals surface area contributed by atoms with E-state index < -0.39 is 32.7 Å². The Morgan fingerprint density at radius 1 is 1.12 bits per heavy atom. The third-order valence-corrected chi connectivity index (χ3v) is 6.22. The molecule has 3 rings (SSSR count). The second kappa shape index (κ2) is 6.72. The maximum absolute atomic E-state index is 13.9. The highest BCUT2D eigenvalue weighted by atomic mass is 32.2. The first-order chi connectivity index (χ1) is 12.2. The summed E-state index contributed by atoms with van der Waals surface area (Å²) < 4.78 is 47.9. The van der Waals surface area contributed by atoms with Crippen molar-refractivity contribution in [2.75, 3.05) is 0 Å². The second-order valence-corrected chi connectivity index (χ2v) is 8.54. The quantitative estimate of drug-likeness (QED) is 0.888. The van der Waals surface area contributed by atoms with Gasteiger partial charge in [-0.05, 0) is 32.4 Å². The van der Waals surface area contributed by atoms with Gasteiger partial charge in [-0.25, -0.2) is 22.5 Å². The zero-order valence-corrected chi connectivity index (χ0v) is 15.6. The van der Waals surface area contributed by atoms with E-state index in [1.54, 1.807) is 63.2 Å². The Morgan fingerprint density at radius 3 is 2.35 bits per heavy atom. The van der Waals surface area contributed by atoms with Crippen molar-refractivity contribution < 1.29 is 17.5 Å². The summed E-state index contributed by atoms with van der Waals surface area (Å²) >= 11 is 0. The first-order valence-corrected chi connectivity index (χ1v) is 9.83. The van der Waals surface area contributed by atoms with Crippen LogP contribution < -0.4 is 4.72 Å². The predicted molar refractivity (Wildman–Crippen MR) is 98.7 cm³/mol. The summed E-state index contributed by atoms with van der Waals surface area (Å²) in [6.07, 6.45) is 0. The first-order valence-electron chi connectivity index (χ1n) is 8.28. The number of halogens is 1. The summed E-state index contributed by atoms with van der Waals surface area (Å²) in [5.41, 5.74) is -0.0452. The summed E-state index contributed by atoms with van der Waals surface area (Å²) in [5.74, 6) is -0.399. The number of aliphatic imine (C=N–C) groups is 1. The molecular weight excluding hydrogens is 355 g/mol. The third-order valence-electron chi connectivity index (χ3n) is 4.30. The van der Waals surface area contributed by atoms with E-state index in [1.807, 2.05) is 6.07 Å². The van der Waals surface area contributed by atoms with Crippen LogP contribution in [0.3, 0.4) is 0 Å². The van der Waals surface area contributed by atoms with Crippen molar-refractivity contribution in [3.63, 3.8) is 0 Å². The topological polar surface area (TPSA) is 67.8 Å². The number of hydrogen-bond acceptors (Lipinski definition) is 4. The molecule has 0 saturated carbocycles. The van der Waals surface area contributed by atoms with Crippen molar-refractivity contribution >= 4 is 16.0 Å².